The molecule has 0 radical (unpaired) electrons. The maximum Gasteiger partial charge on any atom is 0.237 e. The van der Waals surface area contributed by atoms with Gasteiger partial charge in [0.15, 0.2) is 5.16 Å². The molecule has 164 valence electrons. The first kappa shape index (κ1) is 21.4. The first-order valence-corrected chi connectivity index (χ1v) is 11.5. The van der Waals surface area contributed by atoms with Gasteiger partial charge in [0.2, 0.25) is 11.9 Å². The Morgan fingerprint density at radius 2 is 1.94 bits per heavy atom. The van der Waals surface area contributed by atoms with Gasteiger partial charge in [-0.05, 0) is 62.6 Å². The number of benzene rings is 1. The van der Waals surface area contributed by atoms with Gasteiger partial charge in [-0.15, -0.1) is 10.2 Å². The lowest BCUT2D eigenvalue weighted by Crippen LogP contribution is -2.32. The van der Waals surface area contributed by atoms with Gasteiger partial charge in [0.25, 0.3) is 0 Å². The van der Waals surface area contributed by atoms with Crippen molar-refractivity contribution in [2.45, 2.75) is 37.9 Å². The van der Waals surface area contributed by atoms with Gasteiger partial charge in [-0.1, -0.05) is 11.8 Å². The van der Waals surface area contributed by atoms with Crippen LogP contribution in [0.3, 0.4) is 0 Å². The number of carbonyl (C=O) groups is 1. The van der Waals surface area contributed by atoms with Crippen LogP contribution in [0.5, 0.6) is 0 Å². The summed E-state index contributed by atoms with van der Waals surface area (Å²) in [6.45, 7) is 4.82. The molecule has 0 unspecified atom stereocenters. The molecule has 7 nitrogen and oxygen atoms in total. The Balaban J connectivity index is 1.51. The van der Waals surface area contributed by atoms with E-state index in [1.54, 1.807) is 23.3 Å². The summed E-state index contributed by atoms with van der Waals surface area (Å²) in [4.78, 5) is 16.8. The van der Waals surface area contributed by atoms with Gasteiger partial charge in [-0.2, -0.15) is 0 Å². The molecule has 1 aromatic carbocycles. The number of amides is 1. The number of carbonyl (C=O) groups excluding carboxylic acids is 1. The van der Waals surface area contributed by atoms with Crippen LogP contribution in [0.4, 0.5) is 16.0 Å². The van der Waals surface area contributed by atoms with E-state index in [0.29, 0.717) is 23.9 Å². The molecule has 3 aromatic rings. The van der Waals surface area contributed by atoms with E-state index in [4.69, 9.17) is 4.42 Å². The van der Waals surface area contributed by atoms with E-state index in [1.165, 1.54) is 30.3 Å². The molecule has 1 saturated heterocycles. The Bertz CT molecular complexity index is 984. The number of anilines is 2. The molecule has 1 aliphatic heterocycles. The van der Waals surface area contributed by atoms with Crippen molar-refractivity contribution in [3.8, 4) is 0 Å². The first-order valence-electron chi connectivity index (χ1n) is 10.5. The van der Waals surface area contributed by atoms with Crippen LogP contribution < -0.4 is 9.80 Å². The molecule has 0 spiro atoms. The molecule has 0 N–H and O–H groups in total. The SMILES string of the molecule is CCN(C(=O)CSc1nnc(N2CCCCC2)n1Cc1ccco1)c1ccc(F)cc1. The molecule has 0 saturated carbocycles. The van der Waals surface area contributed by atoms with Crippen LogP contribution in [0.15, 0.2) is 52.2 Å². The molecular weight excluding hydrogens is 417 g/mol. The Labute approximate surface area is 185 Å². The lowest BCUT2D eigenvalue weighted by Gasteiger charge is -2.27. The molecule has 9 heteroatoms. The highest BCUT2D eigenvalue weighted by atomic mass is 32.2. The third-order valence-electron chi connectivity index (χ3n) is 5.31. The third-order valence-corrected chi connectivity index (χ3v) is 6.26. The van der Waals surface area contributed by atoms with Crippen LogP contribution in [0.1, 0.15) is 31.9 Å². The standard InChI is InChI=1S/C22H26FN5O2S/c1-2-27(18-10-8-17(23)9-11-18)20(29)16-31-22-25-24-21(26-12-4-3-5-13-26)28(22)15-19-7-6-14-30-19/h6-11,14H,2-5,12-13,15-16H2,1H3. The van der Waals surface area contributed by atoms with Crippen molar-refractivity contribution in [1.29, 1.82) is 0 Å². The maximum absolute atomic E-state index is 13.2. The van der Waals surface area contributed by atoms with Crippen LogP contribution in [-0.4, -0.2) is 46.1 Å². The van der Waals surface area contributed by atoms with Crippen LogP contribution in [0, 0.1) is 5.82 Å². The van der Waals surface area contributed by atoms with Gasteiger partial charge in [-0.3, -0.25) is 9.36 Å². The summed E-state index contributed by atoms with van der Waals surface area (Å²) >= 11 is 1.36. The highest BCUT2D eigenvalue weighted by Crippen LogP contribution is 2.26. The summed E-state index contributed by atoms with van der Waals surface area (Å²) in [7, 11) is 0. The van der Waals surface area contributed by atoms with E-state index < -0.39 is 0 Å². The number of thioether (sulfide) groups is 1. The second-order valence-electron chi connectivity index (χ2n) is 7.40. The molecule has 1 amide bonds. The number of piperidine rings is 1. The summed E-state index contributed by atoms with van der Waals surface area (Å²) in [5, 5.41) is 9.51. The highest BCUT2D eigenvalue weighted by Gasteiger charge is 2.23. The zero-order valence-electron chi connectivity index (χ0n) is 17.5. The lowest BCUT2D eigenvalue weighted by molar-refractivity contribution is -0.116. The molecule has 1 aliphatic rings. The summed E-state index contributed by atoms with van der Waals surface area (Å²) in [6, 6.07) is 9.75. The topological polar surface area (TPSA) is 67.4 Å². The maximum atomic E-state index is 13.2. The zero-order valence-corrected chi connectivity index (χ0v) is 18.4. The molecule has 2 aromatic heterocycles. The number of furan rings is 1. The Morgan fingerprint density at radius 1 is 1.16 bits per heavy atom. The highest BCUT2D eigenvalue weighted by molar-refractivity contribution is 7.99. The van der Waals surface area contributed by atoms with Crippen molar-refractivity contribution in [2.24, 2.45) is 0 Å². The molecule has 3 heterocycles. The number of hydrogen-bond donors (Lipinski definition) is 0. The van der Waals surface area contributed by atoms with Gasteiger partial charge in [0, 0.05) is 25.3 Å². The van der Waals surface area contributed by atoms with Crippen molar-refractivity contribution in [3.63, 3.8) is 0 Å². The first-order chi connectivity index (χ1) is 15.2. The summed E-state index contributed by atoms with van der Waals surface area (Å²) in [5.41, 5.74) is 0.681. The fourth-order valence-corrected chi connectivity index (χ4v) is 4.55. The summed E-state index contributed by atoms with van der Waals surface area (Å²) in [6.07, 6.45) is 5.16. The van der Waals surface area contributed by atoms with Crippen LogP contribution in [0.2, 0.25) is 0 Å². The third kappa shape index (κ3) is 5.10. The Morgan fingerprint density at radius 3 is 2.61 bits per heavy atom. The van der Waals surface area contributed by atoms with Gasteiger partial charge < -0.3 is 14.2 Å². The Hall–Kier alpha value is -2.81. The van der Waals surface area contributed by atoms with Crippen molar-refractivity contribution in [3.05, 3.63) is 54.2 Å². The van der Waals surface area contributed by atoms with E-state index in [9.17, 15) is 9.18 Å². The second-order valence-corrected chi connectivity index (χ2v) is 8.34. The zero-order chi connectivity index (χ0) is 21.6. The number of aromatic nitrogens is 3. The predicted octanol–water partition coefficient (Wildman–Crippen LogP) is 4.19. The Kier molecular flexibility index (Phi) is 6.91. The second kappa shape index (κ2) is 10.00. The van der Waals surface area contributed by atoms with Crippen LogP contribution in [0.25, 0.3) is 0 Å². The largest absolute Gasteiger partial charge is 0.467 e. The van der Waals surface area contributed by atoms with E-state index in [0.717, 1.165) is 37.6 Å². The number of nitrogens with zero attached hydrogens (tertiary/aromatic N) is 5. The normalized spacial score (nSPS) is 14.1. The van der Waals surface area contributed by atoms with E-state index in [-0.39, 0.29) is 17.5 Å². The van der Waals surface area contributed by atoms with Gasteiger partial charge in [-0.25, -0.2) is 4.39 Å². The monoisotopic (exact) mass is 443 g/mol. The molecule has 1 fully saturated rings. The summed E-state index contributed by atoms with van der Waals surface area (Å²) in [5.74, 6) is 1.45. The number of halogens is 1. The van der Waals surface area contributed by atoms with Gasteiger partial charge in [0.1, 0.15) is 11.6 Å². The van der Waals surface area contributed by atoms with Gasteiger partial charge in [0.05, 0.1) is 18.6 Å². The lowest BCUT2D eigenvalue weighted by atomic mass is 10.1. The quantitative estimate of drug-likeness (QED) is 0.486. The van der Waals surface area contributed by atoms with Crippen molar-refractivity contribution < 1.29 is 13.6 Å². The van der Waals surface area contributed by atoms with E-state index in [2.05, 4.69) is 15.1 Å². The molecule has 0 atom stereocenters. The summed E-state index contributed by atoms with van der Waals surface area (Å²) < 4.78 is 20.8. The minimum Gasteiger partial charge on any atom is -0.467 e. The molecule has 0 aliphatic carbocycles. The minimum atomic E-state index is -0.321. The number of hydrogen-bond acceptors (Lipinski definition) is 6. The molecule has 31 heavy (non-hydrogen) atoms. The predicted molar refractivity (Wildman–Crippen MR) is 119 cm³/mol. The van der Waals surface area contributed by atoms with Crippen LogP contribution >= 0.6 is 11.8 Å². The van der Waals surface area contributed by atoms with E-state index >= 15 is 0 Å². The number of rotatable bonds is 8. The molecular formula is C22H26FN5O2S. The minimum absolute atomic E-state index is 0.0637. The molecule has 4 rings (SSSR count). The van der Waals surface area contributed by atoms with E-state index in [1.807, 2.05) is 23.6 Å². The van der Waals surface area contributed by atoms with Crippen molar-refractivity contribution in [1.82, 2.24) is 14.8 Å². The fourth-order valence-electron chi connectivity index (χ4n) is 3.74. The van der Waals surface area contributed by atoms with Crippen molar-refractivity contribution >= 4 is 29.3 Å². The fraction of sp³-hybridized carbons (Fsp3) is 0.409. The smallest absolute Gasteiger partial charge is 0.237 e. The molecule has 0 bridgehead atoms. The average molecular weight is 444 g/mol. The van der Waals surface area contributed by atoms with Gasteiger partial charge >= 0.3 is 0 Å². The van der Waals surface area contributed by atoms with Crippen LogP contribution in [-0.2, 0) is 11.3 Å². The van der Waals surface area contributed by atoms with Crippen molar-refractivity contribution in [2.75, 3.05) is 35.2 Å². The average Bonchev–Trinajstić information content (AvgIpc) is 3.45.